The van der Waals surface area contributed by atoms with Crippen LogP contribution in [0.25, 0.3) is 0 Å². The van der Waals surface area contributed by atoms with E-state index in [0.29, 0.717) is 16.9 Å². The number of nitrogens with two attached hydrogens (primary N) is 1. The van der Waals surface area contributed by atoms with Gasteiger partial charge < -0.3 is 30.5 Å². The summed E-state index contributed by atoms with van der Waals surface area (Å²) in [6.07, 6.45) is -1.29. The second kappa shape index (κ2) is 6.52. The molecule has 1 fully saturated rings. The van der Waals surface area contributed by atoms with Crippen LogP contribution in [0, 0.1) is 0 Å². The van der Waals surface area contributed by atoms with Crippen molar-refractivity contribution in [2.75, 3.05) is 38.4 Å². The largest absolute Gasteiger partial charge is 0.465 e. The van der Waals surface area contributed by atoms with Gasteiger partial charge in [0.15, 0.2) is 0 Å². The summed E-state index contributed by atoms with van der Waals surface area (Å²) in [6, 6.07) is 4.49. The molecule has 1 aliphatic heterocycles. The maximum absolute atomic E-state index is 11.6. The van der Waals surface area contributed by atoms with Gasteiger partial charge in [0.25, 0.3) is 0 Å². The van der Waals surface area contributed by atoms with Crippen molar-refractivity contribution >= 4 is 23.4 Å². The van der Waals surface area contributed by atoms with Crippen LogP contribution in [-0.2, 0) is 9.47 Å². The summed E-state index contributed by atoms with van der Waals surface area (Å²) in [7, 11) is 2.83. The maximum atomic E-state index is 11.6. The number of nitrogens with one attached hydrogen (secondary N) is 1. The molecule has 1 heterocycles. The van der Waals surface area contributed by atoms with Gasteiger partial charge in [-0.3, -0.25) is 0 Å². The molecule has 0 aliphatic carbocycles. The smallest absolute Gasteiger partial charge is 0.407 e. The Kier molecular flexibility index (Phi) is 4.71. The molecule has 0 radical (unpaired) electrons. The third-order valence-electron chi connectivity index (χ3n) is 3.65. The number of carbonyl (C=O) groups is 2. The van der Waals surface area contributed by atoms with Crippen LogP contribution in [0.1, 0.15) is 10.4 Å². The molecular weight excluding hydrogens is 290 g/mol. The molecule has 0 saturated carbocycles. The van der Waals surface area contributed by atoms with Crippen LogP contribution in [0.4, 0.5) is 16.2 Å². The molecule has 120 valence electrons. The van der Waals surface area contributed by atoms with E-state index in [1.54, 1.807) is 18.2 Å². The van der Waals surface area contributed by atoms with Crippen molar-refractivity contribution in [3.05, 3.63) is 23.8 Å². The van der Waals surface area contributed by atoms with Gasteiger partial charge in [-0.15, -0.1) is 0 Å². The van der Waals surface area contributed by atoms with Crippen LogP contribution >= 0.6 is 0 Å². The zero-order valence-electron chi connectivity index (χ0n) is 12.4. The Bertz CT molecular complexity index is 578. The third kappa shape index (κ3) is 3.22. The molecule has 2 atom stereocenters. The summed E-state index contributed by atoms with van der Waals surface area (Å²) in [5.74, 6) is -0.468. The highest BCUT2D eigenvalue weighted by molar-refractivity contribution is 5.92. The van der Waals surface area contributed by atoms with Crippen molar-refractivity contribution in [1.29, 1.82) is 0 Å². The molecule has 0 aromatic heterocycles. The Hall–Kier alpha value is -2.48. The fraction of sp³-hybridized carbons (Fsp3) is 0.429. The van der Waals surface area contributed by atoms with Gasteiger partial charge in [0.1, 0.15) is 0 Å². The molecule has 1 aromatic carbocycles. The number of esters is 1. The number of anilines is 2. The van der Waals surface area contributed by atoms with Crippen molar-refractivity contribution < 1.29 is 24.2 Å². The number of carboxylic acid groups (broad SMARTS) is 1. The van der Waals surface area contributed by atoms with Crippen molar-refractivity contribution in [3.63, 3.8) is 0 Å². The number of hydrogen-bond acceptors (Lipinski definition) is 6. The fourth-order valence-corrected chi connectivity index (χ4v) is 2.43. The van der Waals surface area contributed by atoms with E-state index in [9.17, 15) is 9.59 Å². The number of methoxy groups -OCH3 is 2. The minimum atomic E-state index is -0.998. The number of nitrogens with zero attached hydrogens (tertiary/aromatic N) is 1. The lowest BCUT2D eigenvalue weighted by molar-refractivity contribution is 0.0600. The van der Waals surface area contributed by atoms with Crippen LogP contribution in [-0.4, -0.2) is 61.5 Å². The molecule has 8 heteroatoms. The predicted octanol–water partition coefficient (Wildman–Crippen LogP) is 0.845. The summed E-state index contributed by atoms with van der Waals surface area (Å²) >= 11 is 0. The fourth-order valence-electron chi connectivity index (χ4n) is 2.43. The van der Waals surface area contributed by atoms with E-state index in [-0.39, 0.29) is 25.2 Å². The lowest BCUT2D eigenvalue weighted by atomic mass is 10.1. The number of benzene rings is 1. The van der Waals surface area contributed by atoms with E-state index >= 15 is 0 Å². The Morgan fingerprint density at radius 2 is 2.09 bits per heavy atom. The first-order chi connectivity index (χ1) is 10.5. The normalized spacial score (nSPS) is 20.7. The third-order valence-corrected chi connectivity index (χ3v) is 3.65. The Labute approximate surface area is 127 Å². The average Bonchev–Trinajstić information content (AvgIpc) is 2.92. The number of hydrogen-bond donors (Lipinski definition) is 3. The van der Waals surface area contributed by atoms with Gasteiger partial charge in [-0.05, 0) is 18.2 Å². The number of carbonyl (C=O) groups excluding carboxylic acids is 1. The maximum Gasteiger partial charge on any atom is 0.407 e. The summed E-state index contributed by atoms with van der Waals surface area (Å²) in [4.78, 5) is 23.9. The highest BCUT2D eigenvalue weighted by Crippen LogP contribution is 2.25. The van der Waals surface area contributed by atoms with Crippen molar-refractivity contribution in [1.82, 2.24) is 4.90 Å². The summed E-state index contributed by atoms with van der Waals surface area (Å²) in [6.45, 7) is 0.551. The van der Waals surface area contributed by atoms with Crippen LogP contribution in [0.15, 0.2) is 18.2 Å². The molecule has 1 saturated heterocycles. The number of ether oxygens (including phenoxy) is 2. The number of rotatable bonds is 4. The molecule has 0 spiro atoms. The summed E-state index contributed by atoms with van der Waals surface area (Å²) in [5.41, 5.74) is 7.27. The minimum Gasteiger partial charge on any atom is -0.465 e. The molecule has 1 aromatic rings. The zero-order chi connectivity index (χ0) is 16.3. The summed E-state index contributed by atoms with van der Waals surface area (Å²) in [5, 5.41) is 12.2. The van der Waals surface area contributed by atoms with Gasteiger partial charge in [0.05, 0.1) is 42.7 Å². The average molecular weight is 309 g/mol. The van der Waals surface area contributed by atoms with Gasteiger partial charge in [-0.25, -0.2) is 9.59 Å². The van der Waals surface area contributed by atoms with Crippen molar-refractivity contribution in [3.8, 4) is 0 Å². The van der Waals surface area contributed by atoms with Crippen LogP contribution in [0.2, 0.25) is 0 Å². The Morgan fingerprint density at radius 1 is 1.36 bits per heavy atom. The molecule has 0 bridgehead atoms. The minimum absolute atomic E-state index is 0.253. The van der Waals surface area contributed by atoms with E-state index in [2.05, 4.69) is 10.1 Å². The van der Waals surface area contributed by atoms with Gasteiger partial charge in [0, 0.05) is 13.7 Å². The summed E-state index contributed by atoms with van der Waals surface area (Å²) < 4.78 is 9.99. The Balaban J connectivity index is 2.18. The van der Waals surface area contributed by atoms with E-state index in [1.165, 1.54) is 19.1 Å². The zero-order valence-corrected chi connectivity index (χ0v) is 12.4. The predicted molar refractivity (Wildman–Crippen MR) is 80.0 cm³/mol. The van der Waals surface area contributed by atoms with Crippen LogP contribution in [0.3, 0.4) is 0 Å². The second-order valence-corrected chi connectivity index (χ2v) is 5.01. The van der Waals surface area contributed by atoms with Gasteiger partial charge >= 0.3 is 12.1 Å². The van der Waals surface area contributed by atoms with E-state index in [4.69, 9.17) is 15.6 Å². The molecule has 8 nitrogen and oxygen atoms in total. The SMILES string of the molecule is COC(=O)c1ccc(N)c(N[C@@H]2CN(C(=O)O)C[C@@H]2OC)c1. The quantitative estimate of drug-likeness (QED) is 0.558. The molecule has 1 aliphatic rings. The molecule has 0 unspecified atom stereocenters. The number of amides is 1. The van der Waals surface area contributed by atoms with Gasteiger partial charge in [-0.2, -0.15) is 0 Å². The standard InChI is InChI=1S/C14H19N3O5/c1-21-12-7-17(14(19)20)6-11(12)16-10-5-8(13(18)22-2)3-4-9(10)15/h3-5,11-12,16H,6-7,15H2,1-2H3,(H,19,20)/t11-,12+/m1/s1. The first-order valence-electron chi connectivity index (χ1n) is 6.71. The highest BCUT2D eigenvalue weighted by atomic mass is 16.5. The number of likely N-dealkylation sites (tertiary alicyclic amines) is 1. The first-order valence-corrected chi connectivity index (χ1v) is 6.71. The van der Waals surface area contributed by atoms with E-state index in [1.807, 2.05) is 0 Å². The molecule has 2 rings (SSSR count). The Morgan fingerprint density at radius 3 is 2.68 bits per heavy atom. The molecular formula is C14H19N3O5. The van der Waals surface area contributed by atoms with Gasteiger partial charge in [-0.1, -0.05) is 0 Å². The lowest BCUT2D eigenvalue weighted by Gasteiger charge is -2.20. The lowest BCUT2D eigenvalue weighted by Crippen LogP contribution is -2.34. The van der Waals surface area contributed by atoms with Crippen LogP contribution in [0.5, 0.6) is 0 Å². The second-order valence-electron chi connectivity index (χ2n) is 5.01. The van der Waals surface area contributed by atoms with E-state index in [0.717, 1.165) is 0 Å². The molecule has 4 N–H and O–H groups in total. The van der Waals surface area contributed by atoms with Crippen molar-refractivity contribution in [2.45, 2.75) is 12.1 Å². The van der Waals surface area contributed by atoms with Crippen molar-refractivity contribution in [2.24, 2.45) is 0 Å². The molecule has 1 amide bonds. The molecule has 22 heavy (non-hydrogen) atoms. The van der Waals surface area contributed by atoms with Gasteiger partial charge in [0.2, 0.25) is 0 Å². The van der Waals surface area contributed by atoms with Crippen LogP contribution < -0.4 is 11.1 Å². The first kappa shape index (κ1) is 15.9. The van der Waals surface area contributed by atoms with E-state index < -0.39 is 12.1 Å². The number of nitrogen functional groups attached to an aromatic ring is 1. The highest BCUT2D eigenvalue weighted by Gasteiger charge is 2.35. The monoisotopic (exact) mass is 309 g/mol. The topological polar surface area (TPSA) is 114 Å².